The van der Waals surface area contributed by atoms with Crippen LogP contribution in [-0.4, -0.2) is 14.5 Å². The Labute approximate surface area is 159 Å². The van der Waals surface area contributed by atoms with Crippen LogP contribution < -0.4 is 11.2 Å². The SMILES string of the molecule is Cc1cccc2c(=O)n(-c3ncc(C#Cc4ccccc4)cc3F)c(=O)[nH]c12. The van der Waals surface area contributed by atoms with Crippen LogP contribution in [0.5, 0.6) is 0 Å². The predicted octanol–water partition coefficient (Wildman–Crippen LogP) is 2.92. The van der Waals surface area contributed by atoms with Crippen molar-refractivity contribution in [3.8, 4) is 17.7 Å². The van der Waals surface area contributed by atoms with Gasteiger partial charge in [0.25, 0.3) is 5.56 Å². The number of hydrogen-bond donors (Lipinski definition) is 1. The normalized spacial score (nSPS) is 10.5. The Morgan fingerprint density at radius 3 is 2.50 bits per heavy atom. The second-order valence-corrected chi connectivity index (χ2v) is 6.21. The average Bonchev–Trinajstić information content (AvgIpc) is 2.69. The van der Waals surface area contributed by atoms with E-state index in [2.05, 4.69) is 21.8 Å². The topological polar surface area (TPSA) is 67.8 Å². The number of aromatic amines is 1. The highest BCUT2D eigenvalue weighted by Gasteiger charge is 2.15. The second-order valence-electron chi connectivity index (χ2n) is 6.21. The van der Waals surface area contributed by atoms with E-state index >= 15 is 0 Å². The van der Waals surface area contributed by atoms with Gasteiger partial charge < -0.3 is 4.98 Å². The predicted molar refractivity (Wildman–Crippen MR) is 105 cm³/mol. The van der Waals surface area contributed by atoms with E-state index in [0.29, 0.717) is 15.6 Å². The van der Waals surface area contributed by atoms with Crippen molar-refractivity contribution in [2.75, 3.05) is 0 Å². The van der Waals surface area contributed by atoms with Gasteiger partial charge in [-0.25, -0.2) is 18.7 Å². The lowest BCUT2D eigenvalue weighted by Crippen LogP contribution is -2.35. The number of nitrogens with zero attached hydrogens (tertiary/aromatic N) is 2. The van der Waals surface area contributed by atoms with Gasteiger partial charge in [0.1, 0.15) is 0 Å². The molecule has 2 aromatic carbocycles. The van der Waals surface area contributed by atoms with Crippen molar-refractivity contribution in [3.63, 3.8) is 0 Å². The molecule has 28 heavy (non-hydrogen) atoms. The van der Waals surface area contributed by atoms with Crippen LogP contribution in [0.1, 0.15) is 16.7 Å². The number of benzene rings is 2. The summed E-state index contributed by atoms with van der Waals surface area (Å²) in [6.07, 6.45) is 1.33. The fraction of sp³-hybridized carbons (Fsp3) is 0.0455. The van der Waals surface area contributed by atoms with Gasteiger partial charge in [0, 0.05) is 17.3 Å². The zero-order valence-electron chi connectivity index (χ0n) is 14.9. The molecular weight excluding hydrogens is 357 g/mol. The number of rotatable bonds is 1. The van der Waals surface area contributed by atoms with Crippen molar-refractivity contribution in [3.05, 3.63) is 104 Å². The van der Waals surface area contributed by atoms with Crippen LogP contribution in [0.3, 0.4) is 0 Å². The van der Waals surface area contributed by atoms with E-state index in [9.17, 15) is 14.0 Å². The fourth-order valence-corrected chi connectivity index (χ4v) is 2.91. The number of aryl methyl sites for hydroxylation is 1. The van der Waals surface area contributed by atoms with Gasteiger partial charge in [-0.1, -0.05) is 42.2 Å². The van der Waals surface area contributed by atoms with Crippen LogP contribution in [0, 0.1) is 24.6 Å². The van der Waals surface area contributed by atoms with Gasteiger partial charge in [-0.05, 0) is 36.8 Å². The van der Waals surface area contributed by atoms with E-state index < -0.39 is 17.1 Å². The molecule has 4 rings (SSSR count). The number of para-hydroxylation sites is 1. The maximum atomic E-state index is 14.7. The molecule has 136 valence electrons. The van der Waals surface area contributed by atoms with Crippen molar-refractivity contribution in [1.82, 2.24) is 14.5 Å². The lowest BCUT2D eigenvalue weighted by atomic mass is 10.1. The minimum atomic E-state index is -0.806. The molecule has 6 heteroatoms. The molecule has 5 nitrogen and oxygen atoms in total. The first kappa shape index (κ1) is 17.4. The highest BCUT2D eigenvalue weighted by Crippen LogP contribution is 2.13. The summed E-state index contributed by atoms with van der Waals surface area (Å²) in [6, 6.07) is 15.5. The van der Waals surface area contributed by atoms with Crippen molar-refractivity contribution < 1.29 is 4.39 Å². The lowest BCUT2D eigenvalue weighted by molar-refractivity contribution is 0.603. The molecule has 0 unspecified atom stereocenters. The van der Waals surface area contributed by atoms with Gasteiger partial charge in [0.15, 0.2) is 11.6 Å². The van der Waals surface area contributed by atoms with Crippen LogP contribution in [0.25, 0.3) is 16.7 Å². The van der Waals surface area contributed by atoms with Gasteiger partial charge in [0.05, 0.1) is 10.9 Å². The molecule has 4 aromatic rings. The summed E-state index contributed by atoms with van der Waals surface area (Å²) in [5.41, 5.74) is 0.923. The molecule has 0 bridgehead atoms. The molecule has 2 aromatic heterocycles. The molecule has 2 heterocycles. The highest BCUT2D eigenvalue weighted by atomic mass is 19.1. The third-order valence-corrected chi connectivity index (χ3v) is 4.30. The minimum absolute atomic E-state index is 0.286. The lowest BCUT2D eigenvalue weighted by Gasteiger charge is -2.08. The molecular formula is C22H14FN3O2. The molecule has 0 saturated heterocycles. The summed E-state index contributed by atoms with van der Waals surface area (Å²) in [6.45, 7) is 1.78. The Balaban J connectivity index is 1.82. The van der Waals surface area contributed by atoms with Crippen molar-refractivity contribution in [2.24, 2.45) is 0 Å². The third-order valence-electron chi connectivity index (χ3n) is 4.30. The Morgan fingerprint density at radius 1 is 1.00 bits per heavy atom. The largest absolute Gasteiger partial charge is 0.334 e. The smallest absolute Gasteiger partial charge is 0.306 e. The molecule has 0 atom stereocenters. The summed E-state index contributed by atoms with van der Waals surface area (Å²) in [5.74, 6) is 4.56. The summed E-state index contributed by atoms with van der Waals surface area (Å²) >= 11 is 0. The minimum Gasteiger partial charge on any atom is -0.306 e. The number of H-pyrrole nitrogens is 1. The Bertz CT molecular complexity index is 1380. The van der Waals surface area contributed by atoms with Gasteiger partial charge in [-0.15, -0.1) is 0 Å². The fourth-order valence-electron chi connectivity index (χ4n) is 2.91. The molecule has 0 radical (unpaired) electrons. The zero-order valence-corrected chi connectivity index (χ0v) is 14.9. The zero-order chi connectivity index (χ0) is 19.7. The second kappa shape index (κ2) is 6.97. The molecule has 0 aliphatic rings. The van der Waals surface area contributed by atoms with Gasteiger partial charge in [-0.2, -0.15) is 0 Å². The van der Waals surface area contributed by atoms with Crippen molar-refractivity contribution in [2.45, 2.75) is 6.92 Å². The first-order valence-electron chi connectivity index (χ1n) is 8.52. The standard InChI is InChI=1S/C22H14FN3O2/c1-14-6-5-9-17-19(14)25-22(28)26(21(17)27)20-18(23)12-16(13-24-20)11-10-15-7-3-2-4-8-15/h2-9,12-13H,1H3,(H,25,28). The quantitative estimate of drug-likeness (QED) is 0.523. The van der Waals surface area contributed by atoms with Crippen LogP contribution in [0.15, 0.2) is 70.4 Å². The first-order valence-corrected chi connectivity index (χ1v) is 8.52. The summed E-state index contributed by atoms with van der Waals surface area (Å²) in [5, 5.41) is 0.286. The molecule has 0 amide bonds. The first-order chi connectivity index (χ1) is 13.5. The Hall–Kier alpha value is -3.98. The van der Waals surface area contributed by atoms with Crippen LogP contribution in [0.2, 0.25) is 0 Å². The number of nitrogens with one attached hydrogen (secondary N) is 1. The number of fused-ring (bicyclic) bond motifs is 1. The van der Waals surface area contributed by atoms with E-state index in [1.54, 1.807) is 25.1 Å². The molecule has 0 aliphatic heterocycles. The van der Waals surface area contributed by atoms with Gasteiger partial charge >= 0.3 is 5.69 Å². The van der Waals surface area contributed by atoms with Crippen LogP contribution in [-0.2, 0) is 0 Å². The molecule has 0 spiro atoms. The molecule has 0 fully saturated rings. The Morgan fingerprint density at radius 2 is 1.75 bits per heavy atom. The number of halogens is 1. The van der Waals surface area contributed by atoms with Crippen LogP contribution in [0.4, 0.5) is 4.39 Å². The number of hydrogen-bond acceptors (Lipinski definition) is 3. The van der Waals surface area contributed by atoms with E-state index in [0.717, 1.165) is 17.2 Å². The number of aromatic nitrogens is 3. The molecule has 0 saturated carbocycles. The van der Waals surface area contributed by atoms with Crippen molar-refractivity contribution in [1.29, 1.82) is 0 Å². The van der Waals surface area contributed by atoms with Crippen LogP contribution >= 0.6 is 0 Å². The maximum absolute atomic E-state index is 14.7. The summed E-state index contributed by atoms with van der Waals surface area (Å²) in [4.78, 5) is 31.8. The molecule has 1 N–H and O–H groups in total. The van der Waals surface area contributed by atoms with E-state index in [1.807, 2.05) is 30.3 Å². The van der Waals surface area contributed by atoms with Crippen molar-refractivity contribution >= 4 is 10.9 Å². The van der Waals surface area contributed by atoms with Gasteiger partial charge in [-0.3, -0.25) is 4.79 Å². The highest BCUT2D eigenvalue weighted by molar-refractivity contribution is 5.80. The summed E-state index contributed by atoms with van der Waals surface area (Å²) < 4.78 is 15.4. The Kier molecular flexibility index (Phi) is 4.34. The maximum Gasteiger partial charge on any atom is 0.334 e. The van der Waals surface area contributed by atoms with Gasteiger partial charge in [0.2, 0.25) is 0 Å². The third kappa shape index (κ3) is 3.10. The van der Waals surface area contributed by atoms with E-state index in [4.69, 9.17) is 0 Å². The average molecular weight is 371 g/mol. The monoisotopic (exact) mass is 371 g/mol. The van der Waals surface area contributed by atoms with E-state index in [1.165, 1.54) is 6.20 Å². The molecule has 0 aliphatic carbocycles. The summed E-state index contributed by atoms with van der Waals surface area (Å²) in [7, 11) is 0. The number of pyridine rings is 1. The van der Waals surface area contributed by atoms with E-state index in [-0.39, 0.29) is 11.2 Å².